The lowest BCUT2D eigenvalue weighted by Crippen LogP contribution is -2.43. The van der Waals surface area contributed by atoms with Gasteiger partial charge in [0.25, 0.3) is 5.01 Å². The number of benzene rings is 3. The summed E-state index contributed by atoms with van der Waals surface area (Å²) < 4.78 is 11.1. The van der Waals surface area contributed by atoms with Crippen molar-refractivity contribution < 1.29 is 9.30 Å². The topological polar surface area (TPSA) is 19.6 Å². The zero-order valence-electron chi connectivity index (χ0n) is 27.2. The highest BCUT2D eigenvalue weighted by molar-refractivity contribution is 8.03. The lowest BCUT2D eigenvalue weighted by molar-refractivity contribution is -0.668. The summed E-state index contributed by atoms with van der Waals surface area (Å²) in [5, 5.41) is 2.02. The molecule has 7 heteroatoms. The van der Waals surface area contributed by atoms with Crippen LogP contribution in [0.1, 0.15) is 58.4 Å². The maximum Gasteiger partial charge on any atom is 0.262 e. The van der Waals surface area contributed by atoms with Crippen LogP contribution in [-0.4, -0.2) is 18.1 Å². The fraction of sp³-hybridized carbons (Fsp3) is 0.308. The van der Waals surface area contributed by atoms with Crippen molar-refractivity contribution in [1.82, 2.24) is 0 Å². The molecule has 46 heavy (non-hydrogen) atoms. The molecule has 0 N–H and O–H groups in total. The van der Waals surface area contributed by atoms with Gasteiger partial charge in [-0.25, -0.2) is 0 Å². The highest BCUT2D eigenvalue weighted by atomic mass is 32.2. The van der Waals surface area contributed by atoms with Gasteiger partial charge in [-0.15, -0.1) is 0 Å². The van der Waals surface area contributed by atoms with Gasteiger partial charge in [0.2, 0.25) is 10.6 Å². The van der Waals surface area contributed by atoms with E-state index in [-0.39, 0.29) is 0 Å². The van der Waals surface area contributed by atoms with Gasteiger partial charge in [-0.05, 0) is 86.7 Å². The van der Waals surface area contributed by atoms with E-state index in [0.29, 0.717) is 0 Å². The van der Waals surface area contributed by atoms with Crippen molar-refractivity contribution >= 4 is 62.5 Å². The Morgan fingerprint density at radius 3 is 2.41 bits per heavy atom. The van der Waals surface area contributed by atoms with Crippen molar-refractivity contribution in [2.75, 3.05) is 22.9 Å². The molecule has 4 aromatic rings. The average Bonchev–Trinajstić information content (AvgIpc) is 3.71. The van der Waals surface area contributed by atoms with Crippen LogP contribution in [0.15, 0.2) is 123 Å². The third kappa shape index (κ3) is 5.82. The van der Waals surface area contributed by atoms with E-state index in [4.69, 9.17) is 4.74 Å². The Kier molecular flexibility index (Phi) is 9.08. The second-order valence-electron chi connectivity index (χ2n) is 11.9. The van der Waals surface area contributed by atoms with E-state index in [2.05, 4.69) is 139 Å². The molecule has 4 nitrogen and oxygen atoms in total. The molecule has 3 aliphatic rings. The molecule has 236 valence electrons. The number of para-hydroxylation sites is 3. The second kappa shape index (κ2) is 13.4. The van der Waals surface area contributed by atoms with Crippen LogP contribution in [0.25, 0.3) is 16.3 Å². The van der Waals surface area contributed by atoms with Crippen molar-refractivity contribution in [3.63, 3.8) is 0 Å². The zero-order chi connectivity index (χ0) is 31.7. The minimum absolute atomic E-state index is 0.538. The summed E-state index contributed by atoms with van der Waals surface area (Å²) in [5.41, 5.74) is 6.42. The zero-order valence-corrected chi connectivity index (χ0v) is 29.6. The number of hydrogen-bond donors (Lipinski definition) is 0. The number of hydrogen-bond acceptors (Lipinski definition) is 6. The summed E-state index contributed by atoms with van der Waals surface area (Å²) in [7, 11) is 0. The van der Waals surface area contributed by atoms with Gasteiger partial charge in [0.05, 0.1) is 16.4 Å². The molecule has 0 fully saturated rings. The van der Waals surface area contributed by atoms with Crippen LogP contribution >= 0.6 is 34.9 Å². The van der Waals surface area contributed by atoms with Crippen molar-refractivity contribution in [2.24, 2.45) is 0 Å². The minimum atomic E-state index is -0.538. The highest BCUT2D eigenvalue weighted by Gasteiger charge is 2.43. The van der Waals surface area contributed by atoms with Crippen molar-refractivity contribution in [2.45, 2.75) is 74.8 Å². The summed E-state index contributed by atoms with van der Waals surface area (Å²) in [4.78, 5) is 7.43. The normalized spacial score (nSPS) is 21.3. The molecule has 0 radical (unpaired) electrons. The lowest BCUT2D eigenvalue weighted by atomic mass is 9.92. The Labute approximate surface area is 286 Å². The molecule has 3 aromatic carbocycles. The number of ether oxygens (including phenoxy) is 1. The molecular weight excluding hydrogens is 623 g/mol. The van der Waals surface area contributed by atoms with E-state index < -0.39 is 5.06 Å². The molecule has 1 atom stereocenters. The van der Waals surface area contributed by atoms with E-state index in [9.17, 15) is 0 Å². The van der Waals surface area contributed by atoms with Crippen LogP contribution in [-0.2, 0) is 11.3 Å². The number of fused-ring (bicyclic) bond motifs is 3. The Hall–Kier alpha value is -3.39. The number of anilines is 2. The van der Waals surface area contributed by atoms with Crippen LogP contribution in [0.3, 0.4) is 0 Å². The number of thiazole rings is 1. The highest BCUT2D eigenvalue weighted by Crippen LogP contribution is 2.53. The standard InChI is InChI=1S/C39H42N3OS3/c1-5-27-41-31-18-9-12-21-34(31)45-37(41)26-24-29-16-14-15-28(23-25-36-40(6-2)30-17-8-11-20-33(30)44-36)38(29)43-39(4)42(7-3)32-19-10-13-22-35(32)46-39/h8-13,17-26H,5-7,14-16,27H2,1-4H3/q+1. The van der Waals surface area contributed by atoms with Crippen LogP contribution < -0.4 is 14.4 Å². The number of rotatable bonds is 9. The average molecular weight is 665 g/mol. The summed E-state index contributed by atoms with van der Waals surface area (Å²) in [6, 6.07) is 26.2. The van der Waals surface area contributed by atoms with Crippen molar-refractivity contribution in [3.8, 4) is 0 Å². The first-order valence-corrected chi connectivity index (χ1v) is 19.0. The maximum absolute atomic E-state index is 7.30. The van der Waals surface area contributed by atoms with Gasteiger partial charge in [0.1, 0.15) is 17.0 Å². The predicted octanol–water partition coefficient (Wildman–Crippen LogP) is 10.8. The molecule has 7 rings (SSSR count). The Bertz CT molecular complexity index is 1890. The van der Waals surface area contributed by atoms with Crippen LogP contribution in [0, 0.1) is 0 Å². The van der Waals surface area contributed by atoms with Crippen molar-refractivity contribution in [1.29, 1.82) is 0 Å². The van der Waals surface area contributed by atoms with Gasteiger partial charge < -0.3 is 14.5 Å². The molecule has 0 saturated heterocycles. The van der Waals surface area contributed by atoms with E-state index in [1.54, 1.807) is 0 Å². The number of aryl methyl sites for hydroxylation is 1. The second-order valence-corrected chi connectivity index (χ2v) is 15.5. The first kappa shape index (κ1) is 31.2. The summed E-state index contributed by atoms with van der Waals surface area (Å²) >= 11 is 5.56. The van der Waals surface area contributed by atoms with Gasteiger partial charge in [0, 0.05) is 48.4 Å². The molecule has 1 aliphatic carbocycles. The SMILES string of the molecule is CCC[n+]1c(C=CC2=C(OC3(C)Sc4ccccc4N3CC)C(=CC=C3Sc4ccccc4N3CC)CCC2)sc2ccccc21. The third-order valence-electron chi connectivity index (χ3n) is 8.92. The van der Waals surface area contributed by atoms with E-state index in [1.807, 2.05) is 34.9 Å². The smallest absolute Gasteiger partial charge is 0.262 e. The van der Waals surface area contributed by atoms with Crippen LogP contribution in [0.2, 0.25) is 0 Å². The van der Waals surface area contributed by atoms with Gasteiger partial charge in [-0.2, -0.15) is 4.57 Å². The number of thioether (sulfide) groups is 2. The molecule has 3 heterocycles. The number of aromatic nitrogens is 1. The quantitative estimate of drug-likeness (QED) is 0.165. The molecule has 0 spiro atoms. The molecule has 0 saturated carbocycles. The largest absolute Gasteiger partial charge is 0.458 e. The number of nitrogens with zero attached hydrogens (tertiary/aromatic N) is 3. The van der Waals surface area contributed by atoms with E-state index in [1.165, 1.54) is 52.6 Å². The summed E-state index contributed by atoms with van der Waals surface area (Å²) in [6.07, 6.45) is 13.5. The summed E-state index contributed by atoms with van der Waals surface area (Å²) in [5.74, 6) is 1.03. The Morgan fingerprint density at radius 1 is 0.848 bits per heavy atom. The van der Waals surface area contributed by atoms with Crippen molar-refractivity contribution in [3.05, 3.63) is 118 Å². The number of allylic oxidation sites excluding steroid dienone is 5. The molecule has 0 bridgehead atoms. The summed E-state index contributed by atoms with van der Waals surface area (Å²) in [6.45, 7) is 11.8. The van der Waals surface area contributed by atoms with Gasteiger partial charge in [-0.3, -0.25) is 0 Å². The maximum atomic E-state index is 7.30. The fourth-order valence-electron chi connectivity index (χ4n) is 6.80. The molecular formula is C39H42N3OS3+. The molecule has 1 unspecified atom stereocenters. The van der Waals surface area contributed by atoms with Gasteiger partial charge >= 0.3 is 0 Å². The van der Waals surface area contributed by atoms with E-state index in [0.717, 1.165) is 51.1 Å². The van der Waals surface area contributed by atoms with Crippen LogP contribution in [0.5, 0.6) is 0 Å². The Balaban J connectivity index is 1.30. The van der Waals surface area contributed by atoms with Gasteiger partial charge in [0.15, 0.2) is 0 Å². The Morgan fingerprint density at radius 2 is 1.61 bits per heavy atom. The molecule has 0 amide bonds. The predicted molar refractivity (Wildman–Crippen MR) is 199 cm³/mol. The fourth-order valence-corrected chi connectivity index (χ4v) is 10.3. The monoisotopic (exact) mass is 664 g/mol. The molecule has 1 aromatic heterocycles. The first-order valence-electron chi connectivity index (χ1n) is 16.6. The van der Waals surface area contributed by atoms with E-state index >= 15 is 0 Å². The first-order chi connectivity index (χ1) is 22.5. The third-order valence-corrected chi connectivity index (χ3v) is 12.4. The minimum Gasteiger partial charge on any atom is -0.458 e. The lowest BCUT2D eigenvalue weighted by Gasteiger charge is -2.38. The van der Waals surface area contributed by atoms with Crippen LogP contribution in [0.4, 0.5) is 11.4 Å². The molecule has 2 aliphatic heterocycles. The van der Waals surface area contributed by atoms with Gasteiger partial charge in [-0.1, -0.05) is 84.3 Å².